The number of halogens is 1. The molecule has 2 heterocycles. The first-order chi connectivity index (χ1) is 10.3. The van der Waals surface area contributed by atoms with Crippen LogP contribution in [0.25, 0.3) is 22.0 Å². The van der Waals surface area contributed by atoms with Crippen molar-refractivity contribution in [1.29, 1.82) is 0 Å². The van der Waals surface area contributed by atoms with Crippen LogP contribution in [0.2, 0.25) is 5.02 Å². The molecule has 1 N–H and O–H groups in total. The van der Waals surface area contributed by atoms with Crippen molar-refractivity contribution in [2.45, 2.75) is 6.92 Å². The van der Waals surface area contributed by atoms with Crippen LogP contribution in [0.3, 0.4) is 0 Å². The first-order valence-electron chi connectivity index (χ1n) is 6.69. The molecule has 3 aromatic rings. The molecule has 0 spiro atoms. The van der Waals surface area contributed by atoms with E-state index in [2.05, 4.69) is 15.3 Å². The maximum absolute atomic E-state index is 6.23. The van der Waals surface area contributed by atoms with E-state index in [9.17, 15) is 0 Å². The van der Waals surface area contributed by atoms with Gasteiger partial charge in [0.25, 0.3) is 0 Å². The summed E-state index contributed by atoms with van der Waals surface area (Å²) in [5.74, 6) is 1.51. The number of nitrogens with zero attached hydrogens (tertiary/aromatic N) is 2. The lowest BCUT2D eigenvalue weighted by molar-refractivity contribution is 1.12. The second-order valence-corrected chi connectivity index (χ2v) is 5.78. The smallest absolute Gasteiger partial charge is 0.162 e. The highest BCUT2D eigenvalue weighted by atomic mass is 35.5. The molecular formula is C16H14ClN3S. The van der Waals surface area contributed by atoms with Gasteiger partial charge in [-0.1, -0.05) is 41.9 Å². The maximum Gasteiger partial charge on any atom is 0.162 e. The Hall–Kier alpha value is -1.91. The van der Waals surface area contributed by atoms with Gasteiger partial charge in [-0.25, -0.2) is 9.97 Å². The first kappa shape index (κ1) is 14.0. The van der Waals surface area contributed by atoms with Crippen molar-refractivity contribution in [3.05, 3.63) is 52.9 Å². The minimum atomic E-state index is 0.702. The Labute approximate surface area is 132 Å². The SMILES string of the molecule is CCNc1cc(-c2sccc2Cl)nc(-c2ccccc2)n1. The minimum Gasteiger partial charge on any atom is -0.370 e. The zero-order valence-electron chi connectivity index (χ0n) is 11.5. The summed E-state index contributed by atoms with van der Waals surface area (Å²) in [4.78, 5) is 10.2. The van der Waals surface area contributed by atoms with Gasteiger partial charge >= 0.3 is 0 Å². The molecule has 0 atom stereocenters. The van der Waals surface area contributed by atoms with E-state index in [1.807, 2.05) is 54.8 Å². The van der Waals surface area contributed by atoms with Crippen LogP contribution in [-0.4, -0.2) is 16.5 Å². The molecule has 0 aliphatic heterocycles. The quantitative estimate of drug-likeness (QED) is 0.739. The molecule has 3 nitrogen and oxygen atoms in total. The van der Waals surface area contributed by atoms with Gasteiger partial charge in [0, 0.05) is 18.2 Å². The number of nitrogens with one attached hydrogen (secondary N) is 1. The fraction of sp³-hybridized carbons (Fsp3) is 0.125. The van der Waals surface area contributed by atoms with Crippen LogP contribution >= 0.6 is 22.9 Å². The van der Waals surface area contributed by atoms with Crippen molar-refractivity contribution in [2.75, 3.05) is 11.9 Å². The fourth-order valence-electron chi connectivity index (χ4n) is 2.03. The molecular weight excluding hydrogens is 302 g/mol. The number of aromatic nitrogens is 2. The fourth-order valence-corrected chi connectivity index (χ4v) is 3.14. The Morgan fingerprint density at radius 1 is 1.14 bits per heavy atom. The standard InChI is InChI=1S/C16H14ClN3S/c1-2-18-14-10-13(15-12(17)8-9-21-15)19-16(20-14)11-6-4-3-5-7-11/h3-10H,2H2,1H3,(H,18,19,20). The van der Waals surface area contributed by atoms with Gasteiger partial charge < -0.3 is 5.32 Å². The molecule has 106 valence electrons. The van der Waals surface area contributed by atoms with Crippen LogP contribution in [0.5, 0.6) is 0 Å². The highest BCUT2D eigenvalue weighted by Gasteiger charge is 2.11. The van der Waals surface area contributed by atoms with E-state index in [4.69, 9.17) is 11.6 Å². The number of benzene rings is 1. The molecule has 21 heavy (non-hydrogen) atoms. The summed E-state index contributed by atoms with van der Waals surface area (Å²) >= 11 is 7.82. The molecule has 0 unspecified atom stereocenters. The molecule has 0 bridgehead atoms. The van der Waals surface area contributed by atoms with Crippen molar-refractivity contribution in [3.63, 3.8) is 0 Å². The summed E-state index contributed by atoms with van der Waals surface area (Å²) < 4.78 is 0. The molecule has 0 radical (unpaired) electrons. The van der Waals surface area contributed by atoms with Gasteiger partial charge in [-0.15, -0.1) is 11.3 Å². The number of hydrogen-bond acceptors (Lipinski definition) is 4. The van der Waals surface area contributed by atoms with Crippen LogP contribution in [-0.2, 0) is 0 Å². The van der Waals surface area contributed by atoms with Gasteiger partial charge in [-0.2, -0.15) is 0 Å². The van der Waals surface area contributed by atoms with E-state index < -0.39 is 0 Å². The highest BCUT2D eigenvalue weighted by molar-refractivity contribution is 7.14. The summed E-state index contributed by atoms with van der Waals surface area (Å²) in [5, 5.41) is 5.94. The van der Waals surface area contributed by atoms with Crippen molar-refractivity contribution >= 4 is 28.8 Å². The predicted molar refractivity (Wildman–Crippen MR) is 90.0 cm³/mol. The number of thiophene rings is 1. The van der Waals surface area contributed by atoms with Crippen molar-refractivity contribution in [2.24, 2.45) is 0 Å². The van der Waals surface area contributed by atoms with Gasteiger partial charge in [-0.05, 0) is 18.4 Å². The van der Waals surface area contributed by atoms with E-state index in [0.29, 0.717) is 5.82 Å². The number of hydrogen-bond donors (Lipinski definition) is 1. The van der Waals surface area contributed by atoms with Gasteiger partial charge in [0.05, 0.1) is 15.6 Å². The van der Waals surface area contributed by atoms with Crippen molar-refractivity contribution in [1.82, 2.24) is 9.97 Å². The van der Waals surface area contributed by atoms with Crippen LogP contribution in [0.15, 0.2) is 47.8 Å². The molecule has 0 aliphatic carbocycles. The Morgan fingerprint density at radius 2 is 1.95 bits per heavy atom. The van der Waals surface area contributed by atoms with Crippen LogP contribution in [0, 0.1) is 0 Å². The topological polar surface area (TPSA) is 37.8 Å². The Balaban J connectivity index is 2.13. The molecule has 0 saturated carbocycles. The predicted octanol–water partition coefficient (Wildman–Crippen LogP) is 4.96. The second kappa shape index (κ2) is 6.24. The number of rotatable bonds is 4. The van der Waals surface area contributed by atoms with Crippen molar-refractivity contribution in [3.8, 4) is 22.0 Å². The minimum absolute atomic E-state index is 0.702. The Bertz CT molecular complexity index is 740. The van der Waals surface area contributed by atoms with Gasteiger partial charge in [0.2, 0.25) is 0 Å². The van der Waals surface area contributed by atoms with Crippen molar-refractivity contribution < 1.29 is 0 Å². The number of anilines is 1. The Morgan fingerprint density at radius 3 is 2.62 bits per heavy atom. The summed E-state index contributed by atoms with van der Waals surface area (Å²) in [6.07, 6.45) is 0. The Kier molecular flexibility index (Phi) is 4.18. The molecule has 0 fully saturated rings. The zero-order chi connectivity index (χ0) is 14.7. The summed E-state index contributed by atoms with van der Waals surface area (Å²) in [7, 11) is 0. The van der Waals surface area contributed by atoms with Crippen LogP contribution in [0.1, 0.15) is 6.92 Å². The third-order valence-corrected chi connectivity index (χ3v) is 4.33. The lowest BCUT2D eigenvalue weighted by Gasteiger charge is -2.08. The van der Waals surface area contributed by atoms with E-state index in [1.54, 1.807) is 11.3 Å². The molecule has 0 aliphatic rings. The summed E-state index contributed by atoms with van der Waals surface area (Å²) in [5.41, 5.74) is 1.84. The van der Waals surface area contributed by atoms with Crippen LogP contribution < -0.4 is 5.32 Å². The van der Waals surface area contributed by atoms with E-state index in [0.717, 1.165) is 33.5 Å². The lowest BCUT2D eigenvalue weighted by Crippen LogP contribution is -2.02. The highest BCUT2D eigenvalue weighted by Crippen LogP contribution is 2.33. The normalized spacial score (nSPS) is 10.6. The maximum atomic E-state index is 6.23. The molecule has 1 aromatic carbocycles. The molecule has 2 aromatic heterocycles. The average Bonchev–Trinajstić information content (AvgIpc) is 2.94. The summed E-state index contributed by atoms with van der Waals surface area (Å²) in [6, 6.07) is 13.8. The van der Waals surface area contributed by atoms with Crippen LogP contribution in [0.4, 0.5) is 5.82 Å². The zero-order valence-corrected chi connectivity index (χ0v) is 13.1. The molecule has 5 heteroatoms. The van der Waals surface area contributed by atoms with Gasteiger partial charge in [0.15, 0.2) is 5.82 Å². The van der Waals surface area contributed by atoms with E-state index in [1.165, 1.54) is 0 Å². The van der Waals surface area contributed by atoms with Gasteiger partial charge in [-0.3, -0.25) is 0 Å². The lowest BCUT2D eigenvalue weighted by atomic mass is 10.2. The summed E-state index contributed by atoms with van der Waals surface area (Å²) in [6.45, 7) is 2.85. The first-order valence-corrected chi connectivity index (χ1v) is 7.95. The molecule has 0 amide bonds. The molecule has 3 rings (SSSR count). The largest absolute Gasteiger partial charge is 0.370 e. The van der Waals surface area contributed by atoms with Gasteiger partial charge in [0.1, 0.15) is 5.82 Å². The monoisotopic (exact) mass is 315 g/mol. The third kappa shape index (κ3) is 3.06. The second-order valence-electron chi connectivity index (χ2n) is 4.46. The van der Waals surface area contributed by atoms with E-state index >= 15 is 0 Å². The third-order valence-electron chi connectivity index (χ3n) is 2.97. The molecule has 0 saturated heterocycles. The van der Waals surface area contributed by atoms with E-state index in [-0.39, 0.29) is 0 Å². The average molecular weight is 316 g/mol.